The van der Waals surface area contributed by atoms with E-state index in [9.17, 15) is 0 Å². The molecule has 0 radical (unpaired) electrons. The molecule has 0 saturated heterocycles. The van der Waals surface area contributed by atoms with Gasteiger partial charge < -0.3 is 10.6 Å². The molecule has 0 aliphatic rings. The van der Waals surface area contributed by atoms with Crippen LogP contribution < -0.4 is 10.6 Å². The largest absolute Gasteiger partial charge is 0.366 e. The number of aryl methyl sites for hydroxylation is 3. The molecule has 0 atom stereocenters. The molecule has 2 N–H and O–H groups in total. The first-order chi connectivity index (χ1) is 11.6. The highest BCUT2D eigenvalue weighted by Gasteiger charge is 2.01. The van der Waals surface area contributed by atoms with Gasteiger partial charge in [0.05, 0.1) is 0 Å². The smallest absolute Gasteiger partial charge is 0.135 e. The topological polar surface area (TPSA) is 49.8 Å². The number of rotatable bonds is 5. The van der Waals surface area contributed by atoms with E-state index in [1.54, 1.807) is 6.33 Å². The van der Waals surface area contributed by atoms with Gasteiger partial charge in [-0.3, -0.25) is 0 Å². The third-order valence-corrected chi connectivity index (χ3v) is 4.04. The van der Waals surface area contributed by atoms with Gasteiger partial charge in [0.25, 0.3) is 0 Å². The molecule has 24 heavy (non-hydrogen) atoms. The van der Waals surface area contributed by atoms with Crippen molar-refractivity contribution in [1.29, 1.82) is 0 Å². The molecule has 0 fully saturated rings. The van der Waals surface area contributed by atoms with Gasteiger partial charge >= 0.3 is 0 Å². The highest BCUT2D eigenvalue weighted by Crippen LogP contribution is 2.19. The molecule has 122 valence electrons. The normalized spacial score (nSPS) is 10.5. The monoisotopic (exact) mass is 318 g/mol. The lowest BCUT2D eigenvalue weighted by Gasteiger charge is -2.10. The number of aromatic nitrogens is 2. The second kappa shape index (κ2) is 7.13. The Morgan fingerprint density at radius 3 is 2.29 bits per heavy atom. The van der Waals surface area contributed by atoms with Gasteiger partial charge in [-0.15, -0.1) is 0 Å². The Morgan fingerprint density at radius 1 is 0.792 bits per heavy atom. The SMILES string of the molecule is Cc1ccc(CNc2cc(Nc3ccc(C)c(C)c3)ncn2)cc1. The maximum Gasteiger partial charge on any atom is 0.135 e. The molecule has 3 rings (SSSR count). The third kappa shape index (κ3) is 4.10. The number of hydrogen-bond donors (Lipinski definition) is 2. The lowest BCUT2D eigenvalue weighted by Crippen LogP contribution is -2.03. The fourth-order valence-electron chi connectivity index (χ4n) is 2.39. The van der Waals surface area contributed by atoms with Crippen molar-refractivity contribution in [1.82, 2.24) is 9.97 Å². The summed E-state index contributed by atoms with van der Waals surface area (Å²) in [5, 5.41) is 6.66. The third-order valence-electron chi connectivity index (χ3n) is 4.04. The summed E-state index contributed by atoms with van der Waals surface area (Å²) in [6, 6.07) is 16.7. The number of anilines is 3. The van der Waals surface area contributed by atoms with Gasteiger partial charge in [0.1, 0.15) is 18.0 Å². The van der Waals surface area contributed by atoms with E-state index < -0.39 is 0 Å². The van der Waals surface area contributed by atoms with Crippen LogP contribution in [0.5, 0.6) is 0 Å². The van der Waals surface area contributed by atoms with Crippen molar-refractivity contribution in [2.24, 2.45) is 0 Å². The van der Waals surface area contributed by atoms with Crippen LogP contribution in [0.4, 0.5) is 17.3 Å². The Morgan fingerprint density at radius 2 is 1.54 bits per heavy atom. The van der Waals surface area contributed by atoms with Crippen LogP contribution in [0.2, 0.25) is 0 Å². The van der Waals surface area contributed by atoms with Crippen LogP contribution in [0, 0.1) is 20.8 Å². The number of nitrogens with zero attached hydrogens (tertiary/aromatic N) is 2. The second-order valence-electron chi connectivity index (χ2n) is 6.05. The fourth-order valence-corrected chi connectivity index (χ4v) is 2.39. The minimum atomic E-state index is 0.736. The highest BCUT2D eigenvalue weighted by atomic mass is 15.1. The van der Waals surface area contributed by atoms with Crippen LogP contribution in [0.3, 0.4) is 0 Å². The van der Waals surface area contributed by atoms with Gasteiger partial charge in [-0.2, -0.15) is 0 Å². The molecule has 3 aromatic rings. The summed E-state index contributed by atoms with van der Waals surface area (Å²) in [6.45, 7) is 7.04. The molecular weight excluding hydrogens is 296 g/mol. The van der Waals surface area contributed by atoms with E-state index in [1.807, 2.05) is 6.07 Å². The number of hydrogen-bond acceptors (Lipinski definition) is 4. The zero-order valence-corrected chi connectivity index (χ0v) is 14.3. The summed E-state index contributed by atoms with van der Waals surface area (Å²) in [5.74, 6) is 1.58. The predicted octanol–water partition coefficient (Wildman–Crippen LogP) is 4.76. The summed E-state index contributed by atoms with van der Waals surface area (Å²) in [4.78, 5) is 8.57. The zero-order chi connectivity index (χ0) is 16.9. The van der Waals surface area contributed by atoms with Gasteiger partial charge in [-0.25, -0.2) is 9.97 Å². The van der Waals surface area contributed by atoms with Crippen LogP contribution in [0.15, 0.2) is 54.9 Å². The minimum Gasteiger partial charge on any atom is -0.366 e. The average molecular weight is 318 g/mol. The summed E-state index contributed by atoms with van der Waals surface area (Å²) in [6.07, 6.45) is 1.57. The quantitative estimate of drug-likeness (QED) is 0.712. The maximum absolute atomic E-state index is 4.29. The maximum atomic E-state index is 4.29. The molecule has 0 spiro atoms. The van der Waals surface area contributed by atoms with E-state index in [0.29, 0.717) is 0 Å². The van der Waals surface area contributed by atoms with E-state index in [4.69, 9.17) is 0 Å². The van der Waals surface area contributed by atoms with E-state index in [-0.39, 0.29) is 0 Å². The van der Waals surface area contributed by atoms with Crippen molar-refractivity contribution in [2.45, 2.75) is 27.3 Å². The molecule has 0 aliphatic heterocycles. The van der Waals surface area contributed by atoms with Crippen molar-refractivity contribution in [2.75, 3.05) is 10.6 Å². The lowest BCUT2D eigenvalue weighted by molar-refractivity contribution is 1.08. The Kier molecular flexibility index (Phi) is 4.75. The van der Waals surface area contributed by atoms with E-state index in [2.05, 4.69) is 83.8 Å². The molecule has 1 aromatic heterocycles. The molecule has 0 saturated carbocycles. The Hall–Kier alpha value is -2.88. The molecular formula is C20H22N4. The Bertz CT molecular complexity index is 825. The van der Waals surface area contributed by atoms with Crippen LogP contribution in [-0.2, 0) is 6.54 Å². The van der Waals surface area contributed by atoms with Crippen molar-refractivity contribution >= 4 is 17.3 Å². The van der Waals surface area contributed by atoms with Crippen molar-refractivity contribution in [3.8, 4) is 0 Å². The minimum absolute atomic E-state index is 0.736. The molecule has 0 amide bonds. The predicted molar refractivity (Wildman–Crippen MR) is 99.7 cm³/mol. The van der Waals surface area contributed by atoms with Gasteiger partial charge in [0, 0.05) is 18.3 Å². The Labute approximate surface area is 143 Å². The standard InChI is InChI=1S/C20H22N4/c1-14-4-7-17(8-5-14)12-21-19-11-20(23-13-22-19)24-18-9-6-15(2)16(3)10-18/h4-11,13H,12H2,1-3H3,(H2,21,22,23,24). The van der Waals surface area contributed by atoms with Crippen molar-refractivity contribution in [3.63, 3.8) is 0 Å². The first kappa shape index (κ1) is 16.0. The van der Waals surface area contributed by atoms with Crippen molar-refractivity contribution < 1.29 is 0 Å². The summed E-state index contributed by atoms with van der Waals surface area (Å²) in [7, 11) is 0. The van der Waals surface area contributed by atoms with Gasteiger partial charge in [-0.05, 0) is 49.6 Å². The van der Waals surface area contributed by atoms with Gasteiger partial charge in [-0.1, -0.05) is 35.9 Å². The first-order valence-corrected chi connectivity index (χ1v) is 8.06. The van der Waals surface area contributed by atoms with Gasteiger partial charge in [0.15, 0.2) is 0 Å². The lowest BCUT2D eigenvalue weighted by atomic mass is 10.1. The fraction of sp³-hybridized carbons (Fsp3) is 0.200. The molecule has 4 heteroatoms. The van der Waals surface area contributed by atoms with Crippen LogP contribution >= 0.6 is 0 Å². The molecule has 0 bridgehead atoms. The number of nitrogens with one attached hydrogen (secondary N) is 2. The van der Waals surface area contributed by atoms with E-state index >= 15 is 0 Å². The van der Waals surface area contributed by atoms with E-state index in [1.165, 1.54) is 22.3 Å². The Balaban J connectivity index is 1.67. The molecule has 0 unspecified atom stereocenters. The van der Waals surface area contributed by atoms with Crippen molar-refractivity contribution in [3.05, 3.63) is 77.1 Å². The van der Waals surface area contributed by atoms with E-state index in [0.717, 1.165) is 23.9 Å². The first-order valence-electron chi connectivity index (χ1n) is 8.06. The highest BCUT2D eigenvalue weighted by molar-refractivity contribution is 5.60. The summed E-state index contributed by atoms with van der Waals surface area (Å²) < 4.78 is 0. The molecule has 2 aromatic carbocycles. The summed E-state index contributed by atoms with van der Waals surface area (Å²) in [5.41, 5.74) is 6.06. The molecule has 4 nitrogen and oxygen atoms in total. The summed E-state index contributed by atoms with van der Waals surface area (Å²) >= 11 is 0. The zero-order valence-electron chi connectivity index (χ0n) is 14.3. The van der Waals surface area contributed by atoms with Crippen LogP contribution in [0.25, 0.3) is 0 Å². The number of benzene rings is 2. The van der Waals surface area contributed by atoms with Gasteiger partial charge in [0.2, 0.25) is 0 Å². The second-order valence-corrected chi connectivity index (χ2v) is 6.05. The molecule has 1 heterocycles. The molecule has 0 aliphatic carbocycles. The van der Waals surface area contributed by atoms with Crippen LogP contribution in [0.1, 0.15) is 22.3 Å². The van der Waals surface area contributed by atoms with Crippen LogP contribution in [-0.4, -0.2) is 9.97 Å². The average Bonchev–Trinajstić information content (AvgIpc) is 2.58.